The number of methoxy groups -OCH3 is 1. The second kappa shape index (κ2) is 7.14. The molecule has 1 aromatic heterocycles. The lowest BCUT2D eigenvalue weighted by Crippen LogP contribution is -2.52. The van der Waals surface area contributed by atoms with Crippen LogP contribution in [0.25, 0.3) is 0 Å². The Kier molecular flexibility index (Phi) is 4.83. The smallest absolute Gasteiger partial charge is 0.263 e. The number of sulfonamides is 1. The molecular formula is C18H21N3O4S2. The van der Waals surface area contributed by atoms with Gasteiger partial charge < -0.3 is 15.0 Å². The van der Waals surface area contributed by atoms with Crippen molar-refractivity contribution in [2.45, 2.75) is 23.9 Å². The van der Waals surface area contributed by atoms with Gasteiger partial charge in [-0.2, -0.15) is 4.72 Å². The van der Waals surface area contributed by atoms with Crippen molar-refractivity contribution in [2.75, 3.05) is 25.5 Å². The van der Waals surface area contributed by atoms with E-state index in [2.05, 4.69) is 10.0 Å². The van der Waals surface area contributed by atoms with Crippen LogP contribution in [0.15, 0.2) is 40.6 Å². The summed E-state index contributed by atoms with van der Waals surface area (Å²) in [6.45, 7) is 1.23. The number of hydrogen-bond donors (Lipinski definition) is 2. The molecule has 0 unspecified atom stereocenters. The topological polar surface area (TPSA) is 87.7 Å². The first-order chi connectivity index (χ1) is 13.0. The van der Waals surface area contributed by atoms with Crippen LogP contribution in [0.5, 0.6) is 5.75 Å². The van der Waals surface area contributed by atoms with E-state index < -0.39 is 16.2 Å². The lowest BCUT2D eigenvalue weighted by Gasteiger charge is -2.38. The van der Waals surface area contributed by atoms with Crippen molar-refractivity contribution in [3.05, 3.63) is 40.6 Å². The van der Waals surface area contributed by atoms with Crippen LogP contribution >= 0.6 is 11.3 Å². The molecule has 1 aromatic carbocycles. The fourth-order valence-corrected chi connectivity index (χ4v) is 5.67. The van der Waals surface area contributed by atoms with Crippen molar-refractivity contribution in [1.82, 2.24) is 9.62 Å². The number of piperidine rings is 1. The lowest BCUT2D eigenvalue weighted by atomic mass is 9.93. The van der Waals surface area contributed by atoms with E-state index in [1.807, 2.05) is 22.4 Å². The van der Waals surface area contributed by atoms with Gasteiger partial charge in [0, 0.05) is 19.2 Å². The van der Waals surface area contributed by atoms with Crippen LogP contribution in [0.1, 0.15) is 22.5 Å². The van der Waals surface area contributed by atoms with Crippen LogP contribution in [0.3, 0.4) is 0 Å². The summed E-state index contributed by atoms with van der Waals surface area (Å²) in [4.78, 5) is 15.3. The molecule has 0 aliphatic carbocycles. The first kappa shape index (κ1) is 18.3. The maximum atomic E-state index is 12.6. The third-order valence-corrected chi connectivity index (χ3v) is 7.46. The van der Waals surface area contributed by atoms with Gasteiger partial charge in [0.15, 0.2) is 0 Å². The van der Waals surface area contributed by atoms with Crippen LogP contribution in [-0.2, 0) is 10.0 Å². The molecule has 2 aliphatic rings. The van der Waals surface area contributed by atoms with E-state index >= 15 is 0 Å². The maximum absolute atomic E-state index is 12.6. The molecule has 0 radical (unpaired) electrons. The average Bonchev–Trinajstić information content (AvgIpc) is 3.21. The minimum Gasteiger partial charge on any atom is -0.497 e. The van der Waals surface area contributed by atoms with Crippen molar-refractivity contribution in [2.24, 2.45) is 5.92 Å². The first-order valence-corrected chi connectivity index (χ1v) is 11.1. The summed E-state index contributed by atoms with van der Waals surface area (Å²) in [6, 6.07) is 8.59. The fourth-order valence-electron chi connectivity index (χ4n) is 3.62. The van der Waals surface area contributed by atoms with E-state index in [0.29, 0.717) is 24.5 Å². The Morgan fingerprint density at radius 2 is 2.04 bits per heavy atom. The molecule has 27 heavy (non-hydrogen) atoms. The van der Waals surface area contributed by atoms with Gasteiger partial charge in [0.2, 0.25) is 10.0 Å². The Morgan fingerprint density at radius 3 is 2.70 bits per heavy atom. The highest BCUT2D eigenvalue weighted by Gasteiger charge is 2.36. The molecule has 2 aromatic rings. The molecular weight excluding hydrogens is 386 g/mol. The Labute approximate surface area is 162 Å². The second-order valence-corrected chi connectivity index (χ2v) is 9.34. The number of thiophene rings is 1. The summed E-state index contributed by atoms with van der Waals surface area (Å²) in [5.41, 5.74) is 0.551. The molecule has 7 nitrogen and oxygen atoms in total. The highest BCUT2D eigenvalue weighted by atomic mass is 32.2. The van der Waals surface area contributed by atoms with Gasteiger partial charge in [-0.15, -0.1) is 11.3 Å². The maximum Gasteiger partial charge on any atom is 0.263 e. The molecule has 9 heteroatoms. The molecule has 2 aliphatic heterocycles. The van der Waals surface area contributed by atoms with Gasteiger partial charge in [-0.05, 0) is 42.3 Å². The lowest BCUT2D eigenvalue weighted by molar-refractivity contribution is 0.0684. The molecule has 1 saturated heterocycles. The minimum absolute atomic E-state index is 0.0516. The van der Waals surface area contributed by atoms with Crippen LogP contribution in [0, 0.1) is 5.92 Å². The van der Waals surface area contributed by atoms with Gasteiger partial charge in [-0.25, -0.2) is 8.42 Å². The molecule has 0 saturated carbocycles. The normalized spacial score (nSPS) is 22.0. The summed E-state index contributed by atoms with van der Waals surface area (Å²) in [5.74, 6) is 0.760. The summed E-state index contributed by atoms with van der Waals surface area (Å²) >= 11 is 1.44. The quantitative estimate of drug-likeness (QED) is 0.815. The van der Waals surface area contributed by atoms with Crippen molar-refractivity contribution < 1.29 is 17.9 Å². The highest BCUT2D eigenvalue weighted by molar-refractivity contribution is 7.89. The van der Waals surface area contributed by atoms with E-state index in [9.17, 15) is 13.2 Å². The number of rotatable bonds is 3. The number of carbonyl (C=O) groups is 1. The summed E-state index contributed by atoms with van der Waals surface area (Å²) in [7, 11) is -2.03. The number of benzene rings is 1. The fraction of sp³-hybridized carbons (Fsp3) is 0.389. The highest BCUT2D eigenvalue weighted by Crippen LogP contribution is 2.33. The Balaban J connectivity index is 1.46. The average molecular weight is 408 g/mol. The zero-order valence-corrected chi connectivity index (χ0v) is 16.5. The van der Waals surface area contributed by atoms with Crippen molar-refractivity contribution in [3.8, 4) is 5.75 Å². The van der Waals surface area contributed by atoms with E-state index in [1.54, 1.807) is 25.3 Å². The van der Waals surface area contributed by atoms with Crippen LogP contribution in [-0.4, -0.2) is 45.6 Å². The predicted octanol–water partition coefficient (Wildman–Crippen LogP) is 2.34. The number of anilines is 1. The van der Waals surface area contributed by atoms with Crippen LogP contribution < -0.4 is 14.8 Å². The first-order valence-electron chi connectivity index (χ1n) is 8.77. The van der Waals surface area contributed by atoms with Crippen LogP contribution in [0.2, 0.25) is 0 Å². The van der Waals surface area contributed by atoms with E-state index in [4.69, 9.17) is 4.74 Å². The van der Waals surface area contributed by atoms with E-state index in [0.717, 1.165) is 17.7 Å². The molecule has 144 valence electrons. The molecule has 0 spiro atoms. The Hall–Kier alpha value is -2.10. The van der Waals surface area contributed by atoms with Crippen molar-refractivity contribution in [3.63, 3.8) is 0 Å². The van der Waals surface area contributed by atoms with Gasteiger partial charge in [-0.3, -0.25) is 4.79 Å². The van der Waals surface area contributed by atoms with Gasteiger partial charge in [0.1, 0.15) is 10.6 Å². The number of nitrogens with one attached hydrogen (secondary N) is 2. The van der Waals surface area contributed by atoms with E-state index in [1.165, 1.54) is 11.3 Å². The number of ether oxygens (including phenoxy) is 1. The Bertz CT molecular complexity index is 936. The van der Waals surface area contributed by atoms with Gasteiger partial charge in [0.25, 0.3) is 5.91 Å². The summed E-state index contributed by atoms with van der Waals surface area (Å²) in [6.07, 6.45) is 1.07. The molecule has 4 rings (SSSR count). The van der Waals surface area contributed by atoms with Crippen molar-refractivity contribution >= 4 is 33.0 Å². The monoisotopic (exact) mass is 407 g/mol. The predicted molar refractivity (Wildman–Crippen MR) is 104 cm³/mol. The van der Waals surface area contributed by atoms with E-state index in [-0.39, 0.29) is 16.7 Å². The largest absolute Gasteiger partial charge is 0.497 e. The molecule has 1 fully saturated rings. The number of carbonyl (C=O) groups excluding carboxylic acids is 1. The minimum atomic E-state index is -3.58. The molecule has 0 bridgehead atoms. The molecule has 1 amide bonds. The second-order valence-electron chi connectivity index (χ2n) is 6.71. The molecule has 2 N–H and O–H groups in total. The third-order valence-electron chi connectivity index (χ3n) is 5.10. The SMILES string of the molecule is COc1ccc2c(c1)N[C@H](C1CCN(C(=O)c3cccs3)CC1)NS2(=O)=O. The number of amides is 1. The standard InChI is InChI=1S/C18H21N3O4S2/c1-25-13-4-5-16-14(11-13)19-17(20-27(16,23)24)12-6-8-21(9-7-12)18(22)15-3-2-10-26-15/h2-5,10-12,17,19-20H,6-9H2,1H3/t17-/m0/s1. The zero-order chi connectivity index (χ0) is 19.0. The summed E-state index contributed by atoms with van der Waals surface area (Å²) < 4.78 is 33.2. The Morgan fingerprint density at radius 1 is 1.26 bits per heavy atom. The number of likely N-dealkylation sites (tertiary alicyclic amines) is 1. The third kappa shape index (κ3) is 3.54. The number of nitrogens with zero attached hydrogens (tertiary/aromatic N) is 1. The van der Waals surface area contributed by atoms with Gasteiger partial charge in [0.05, 0.1) is 23.8 Å². The molecule has 3 heterocycles. The van der Waals surface area contributed by atoms with Gasteiger partial charge in [-0.1, -0.05) is 6.07 Å². The zero-order valence-electron chi connectivity index (χ0n) is 14.8. The van der Waals surface area contributed by atoms with Crippen molar-refractivity contribution in [1.29, 1.82) is 0 Å². The summed E-state index contributed by atoms with van der Waals surface area (Å²) in [5, 5.41) is 5.19. The number of fused-ring (bicyclic) bond motifs is 1. The van der Waals surface area contributed by atoms with Crippen LogP contribution in [0.4, 0.5) is 5.69 Å². The number of hydrogen-bond acceptors (Lipinski definition) is 6. The molecule has 1 atom stereocenters. The van der Waals surface area contributed by atoms with Gasteiger partial charge >= 0.3 is 0 Å².